The summed E-state index contributed by atoms with van der Waals surface area (Å²) < 4.78 is 42.3. The van der Waals surface area contributed by atoms with Gasteiger partial charge < -0.3 is 10.5 Å². The molecule has 2 aromatic carbocycles. The second kappa shape index (κ2) is 4.60. The molecule has 0 spiro atoms. The molecule has 1 N–H and O–H groups in total. The van der Waals surface area contributed by atoms with Crippen LogP contribution in [0.5, 0.6) is 11.5 Å². The predicted molar refractivity (Wildman–Crippen MR) is 61.9 cm³/mol. The van der Waals surface area contributed by atoms with Gasteiger partial charge in [0.15, 0.2) is 0 Å². The summed E-state index contributed by atoms with van der Waals surface area (Å²) >= 11 is 0. The van der Waals surface area contributed by atoms with Crippen LogP contribution in [0, 0.1) is 0 Å². The van der Waals surface area contributed by atoms with Gasteiger partial charge in [-0.2, -0.15) is 13.2 Å². The lowest BCUT2D eigenvalue weighted by atomic mass is 10.2. The van der Waals surface area contributed by atoms with Gasteiger partial charge in [-0.1, -0.05) is 12.1 Å². The molecule has 18 heavy (non-hydrogen) atoms. The number of hydrogen-bond acceptors (Lipinski definition) is 1. The Kier molecular flexibility index (Phi) is 3.14. The summed E-state index contributed by atoms with van der Waals surface area (Å²) in [6.45, 7) is 0. The molecule has 0 aliphatic heterocycles. The zero-order valence-corrected chi connectivity index (χ0v) is 9.16. The van der Waals surface area contributed by atoms with Crippen LogP contribution in [0.4, 0.5) is 18.9 Å². The van der Waals surface area contributed by atoms with Crippen molar-refractivity contribution in [2.24, 2.45) is 0 Å². The standard InChI is InChI=1S/C13H9F3NO/c14-13(15,16)9-1-5-11(6-2-9)18-12-7-3-10(17)4-8-12/h1-8,17H/q-1. The van der Waals surface area contributed by atoms with E-state index < -0.39 is 11.7 Å². The van der Waals surface area contributed by atoms with Crippen LogP contribution in [-0.4, -0.2) is 0 Å². The van der Waals surface area contributed by atoms with Crippen molar-refractivity contribution in [2.45, 2.75) is 6.18 Å². The number of benzene rings is 2. The maximum absolute atomic E-state index is 12.3. The summed E-state index contributed by atoms with van der Waals surface area (Å²) in [6, 6.07) is 10.7. The van der Waals surface area contributed by atoms with Crippen molar-refractivity contribution >= 4 is 5.69 Å². The van der Waals surface area contributed by atoms with Gasteiger partial charge >= 0.3 is 6.18 Å². The van der Waals surface area contributed by atoms with Gasteiger partial charge in [0.05, 0.1) is 5.56 Å². The SMILES string of the molecule is [NH-]c1ccc(Oc2ccc(C(F)(F)F)cc2)cc1. The lowest BCUT2D eigenvalue weighted by Crippen LogP contribution is -2.03. The Labute approximate surface area is 102 Å². The summed E-state index contributed by atoms with van der Waals surface area (Å²) in [5.74, 6) is 0.798. The van der Waals surface area contributed by atoms with E-state index in [2.05, 4.69) is 0 Å². The molecule has 0 atom stereocenters. The van der Waals surface area contributed by atoms with E-state index in [1.54, 1.807) is 24.3 Å². The molecule has 0 aliphatic carbocycles. The zero-order valence-electron chi connectivity index (χ0n) is 9.16. The van der Waals surface area contributed by atoms with Crippen LogP contribution in [0.2, 0.25) is 0 Å². The fraction of sp³-hybridized carbons (Fsp3) is 0.0769. The average molecular weight is 252 g/mol. The lowest BCUT2D eigenvalue weighted by molar-refractivity contribution is -0.137. The van der Waals surface area contributed by atoms with Gasteiger partial charge in [0.1, 0.15) is 11.5 Å². The third-order valence-electron chi connectivity index (χ3n) is 2.27. The van der Waals surface area contributed by atoms with Crippen LogP contribution < -0.4 is 4.74 Å². The summed E-state index contributed by atoms with van der Waals surface area (Å²) in [5.41, 5.74) is 6.92. The molecule has 0 bridgehead atoms. The van der Waals surface area contributed by atoms with Crippen molar-refractivity contribution in [3.63, 3.8) is 0 Å². The molecule has 0 aliphatic rings. The van der Waals surface area contributed by atoms with Gasteiger partial charge in [-0.05, 0) is 36.4 Å². The van der Waals surface area contributed by atoms with Crippen LogP contribution >= 0.6 is 0 Å². The molecule has 0 heterocycles. The first-order valence-corrected chi connectivity index (χ1v) is 5.12. The number of nitrogens with one attached hydrogen (secondary N) is 1. The van der Waals surface area contributed by atoms with Crippen LogP contribution in [0.25, 0.3) is 5.73 Å². The Morgan fingerprint density at radius 2 is 1.22 bits per heavy atom. The summed E-state index contributed by atoms with van der Waals surface area (Å²) in [7, 11) is 0. The molecular formula is C13H9F3NO-. The van der Waals surface area contributed by atoms with Crippen molar-refractivity contribution in [3.05, 3.63) is 59.8 Å². The summed E-state index contributed by atoms with van der Waals surface area (Å²) in [5, 5.41) is 0. The minimum atomic E-state index is -4.34. The van der Waals surface area contributed by atoms with Crippen molar-refractivity contribution < 1.29 is 17.9 Å². The van der Waals surface area contributed by atoms with E-state index in [1.165, 1.54) is 12.1 Å². The van der Waals surface area contributed by atoms with E-state index in [9.17, 15) is 13.2 Å². The van der Waals surface area contributed by atoms with Crippen molar-refractivity contribution in [3.8, 4) is 11.5 Å². The highest BCUT2D eigenvalue weighted by molar-refractivity contribution is 5.46. The first-order chi connectivity index (χ1) is 8.45. The van der Waals surface area contributed by atoms with Gasteiger partial charge in [-0.15, -0.1) is 5.69 Å². The molecular weight excluding hydrogens is 243 g/mol. The topological polar surface area (TPSA) is 33.0 Å². The van der Waals surface area contributed by atoms with Crippen molar-refractivity contribution in [2.75, 3.05) is 0 Å². The van der Waals surface area contributed by atoms with Gasteiger partial charge in [0, 0.05) is 0 Å². The van der Waals surface area contributed by atoms with E-state index in [4.69, 9.17) is 10.5 Å². The number of halogens is 3. The molecule has 0 unspecified atom stereocenters. The van der Waals surface area contributed by atoms with Crippen molar-refractivity contribution in [1.82, 2.24) is 0 Å². The number of alkyl halides is 3. The van der Waals surface area contributed by atoms with Crippen LogP contribution in [0.3, 0.4) is 0 Å². The van der Waals surface area contributed by atoms with E-state index in [1.807, 2.05) is 0 Å². The molecule has 0 amide bonds. The van der Waals surface area contributed by atoms with E-state index >= 15 is 0 Å². The first-order valence-electron chi connectivity index (χ1n) is 5.12. The highest BCUT2D eigenvalue weighted by atomic mass is 19.4. The van der Waals surface area contributed by atoms with Gasteiger partial charge in [-0.25, -0.2) is 0 Å². The van der Waals surface area contributed by atoms with Crippen LogP contribution in [0.1, 0.15) is 5.56 Å². The third kappa shape index (κ3) is 2.94. The summed E-state index contributed by atoms with van der Waals surface area (Å²) in [4.78, 5) is 0. The minimum Gasteiger partial charge on any atom is -0.699 e. The largest absolute Gasteiger partial charge is 0.699 e. The quantitative estimate of drug-likeness (QED) is 0.724. The molecule has 0 radical (unpaired) electrons. The third-order valence-corrected chi connectivity index (χ3v) is 2.27. The van der Waals surface area contributed by atoms with Crippen LogP contribution in [0.15, 0.2) is 48.5 Å². The predicted octanol–water partition coefficient (Wildman–Crippen LogP) is 5.18. The summed E-state index contributed by atoms with van der Waals surface area (Å²) in [6.07, 6.45) is -4.34. The van der Waals surface area contributed by atoms with Gasteiger partial charge in [0.25, 0.3) is 0 Å². The molecule has 94 valence electrons. The molecule has 2 rings (SSSR count). The fourth-order valence-electron chi connectivity index (χ4n) is 1.37. The molecule has 0 saturated carbocycles. The Morgan fingerprint density at radius 3 is 1.67 bits per heavy atom. The molecule has 2 nitrogen and oxygen atoms in total. The Hall–Kier alpha value is -2.17. The van der Waals surface area contributed by atoms with Crippen molar-refractivity contribution in [1.29, 1.82) is 0 Å². The number of rotatable bonds is 2. The van der Waals surface area contributed by atoms with Crippen LogP contribution in [-0.2, 0) is 6.18 Å². The fourth-order valence-corrected chi connectivity index (χ4v) is 1.37. The number of ether oxygens (including phenoxy) is 1. The normalized spacial score (nSPS) is 11.3. The van der Waals surface area contributed by atoms with E-state index in [0.29, 0.717) is 17.2 Å². The Morgan fingerprint density at radius 1 is 0.778 bits per heavy atom. The monoisotopic (exact) mass is 252 g/mol. The van der Waals surface area contributed by atoms with E-state index in [0.717, 1.165) is 12.1 Å². The first kappa shape index (κ1) is 12.3. The molecule has 2 aromatic rings. The minimum absolute atomic E-state index is 0.320. The van der Waals surface area contributed by atoms with Gasteiger partial charge in [0.2, 0.25) is 0 Å². The molecule has 5 heteroatoms. The maximum atomic E-state index is 12.3. The highest BCUT2D eigenvalue weighted by Crippen LogP contribution is 2.31. The Bertz CT molecular complexity index is 517. The average Bonchev–Trinajstić information content (AvgIpc) is 2.32. The maximum Gasteiger partial charge on any atom is 0.416 e. The highest BCUT2D eigenvalue weighted by Gasteiger charge is 2.29. The molecule has 0 aromatic heterocycles. The Balaban J connectivity index is 2.13. The molecule has 0 saturated heterocycles. The lowest BCUT2D eigenvalue weighted by Gasteiger charge is -2.10. The second-order valence-electron chi connectivity index (χ2n) is 3.65. The van der Waals surface area contributed by atoms with Gasteiger partial charge in [-0.3, -0.25) is 0 Å². The zero-order chi connectivity index (χ0) is 13.2. The number of hydrogen-bond donors (Lipinski definition) is 0. The smallest absolute Gasteiger partial charge is 0.416 e. The second-order valence-corrected chi connectivity index (χ2v) is 3.65. The molecule has 0 fully saturated rings. The van der Waals surface area contributed by atoms with E-state index in [-0.39, 0.29) is 0 Å².